The predicted molar refractivity (Wildman–Crippen MR) is 61.0 cm³/mol. The van der Waals surface area contributed by atoms with Crippen LogP contribution in [0.3, 0.4) is 0 Å². The first kappa shape index (κ1) is 12.7. The van der Waals surface area contributed by atoms with Crippen LogP contribution in [0.15, 0.2) is 0 Å². The minimum absolute atomic E-state index is 0.0223. The van der Waals surface area contributed by atoms with Crippen molar-refractivity contribution < 1.29 is 9.53 Å². The molecule has 0 aromatic heterocycles. The number of hydrogen-bond donors (Lipinski definition) is 0. The van der Waals surface area contributed by atoms with E-state index < -0.39 is 0 Å². The maximum absolute atomic E-state index is 10.8. The van der Waals surface area contributed by atoms with E-state index in [9.17, 15) is 4.79 Å². The Morgan fingerprint density at radius 2 is 2.27 bits per heavy atom. The summed E-state index contributed by atoms with van der Waals surface area (Å²) in [6, 6.07) is 0. The molecule has 1 aliphatic rings. The molecule has 0 aliphatic carbocycles. The number of ketones is 1. The van der Waals surface area contributed by atoms with Crippen LogP contribution in [0.2, 0.25) is 0 Å². The summed E-state index contributed by atoms with van der Waals surface area (Å²) < 4.78 is 5.53. The van der Waals surface area contributed by atoms with Gasteiger partial charge < -0.3 is 14.4 Å². The lowest BCUT2D eigenvalue weighted by Crippen LogP contribution is -2.47. The van der Waals surface area contributed by atoms with E-state index >= 15 is 0 Å². The van der Waals surface area contributed by atoms with Crippen molar-refractivity contribution in [2.24, 2.45) is 0 Å². The van der Waals surface area contributed by atoms with E-state index in [0.717, 1.165) is 32.5 Å². The zero-order valence-corrected chi connectivity index (χ0v) is 10.2. The summed E-state index contributed by atoms with van der Waals surface area (Å²) in [5.74, 6) is 0.293. The van der Waals surface area contributed by atoms with Crippen molar-refractivity contribution >= 4 is 5.78 Å². The Labute approximate surface area is 92.8 Å². The monoisotopic (exact) mass is 213 g/mol. The third-order valence-electron chi connectivity index (χ3n) is 3.23. The summed E-state index contributed by atoms with van der Waals surface area (Å²) >= 11 is 0. The molecular formula is C12H23NO2. The van der Waals surface area contributed by atoms with Crippen LogP contribution in [0.5, 0.6) is 0 Å². The van der Waals surface area contributed by atoms with E-state index in [1.807, 2.05) is 0 Å². The minimum atomic E-state index is 0.0223. The molecule has 0 spiro atoms. The van der Waals surface area contributed by atoms with Gasteiger partial charge in [-0.25, -0.2) is 0 Å². The minimum Gasteiger partial charge on any atom is -0.377 e. The summed E-state index contributed by atoms with van der Waals surface area (Å²) in [5, 5.41) is 0. The molecule has 0 aromatic rings. The molecule has 3 heteroatoms. The van der Waals surface area contributed by atoms with Crippen molar-refractivity contribution in [3.63, 3.8) is 0 Å². The van der Waals surface area contributed by atoms with Crippen LogP contribution in [0.4, 0.5) is 0 Å². The summed E-state index contributed by atoms with van der Waals surface area (Å²) in [6.45, 7) is 7.01. The summed E-state index contributed by atoms with van der Waals surface area (Å²) in [5.41, 5.74) is 0.0223. The number of piperidine rings is 1. The fourth-order valence-electron chi connectivity index (χ4n) is 2.22. The van der Waals surface area contributed by atoms with Gasteiger partial charge in [0.25, 0.3) is 0 Å². The fraction of sp³-hybridized carbons (Fsp3) is 0.917. The average Bonchev–Trinajstić information content (AvgIpc) is 2.17. The van der Waals surface area contributed by atoms with Gasteiger partial charge in [-0.2, -0.15) is 0 Å². The van der Waals surface area contributed by atoms with Crippen LogP contribution in [-0.4, -0.2) is 43.0 Å². The second-order valence-corrected chi connectivity index (χ2v) is 4.84. The van der Waals surface area contributed by atoms with Crippen LogP contribution in [0.1, 0.15) is 39.5 Å². The Balaban J connectivity index is 2.27. The van der Waals surface area contributed by atoms with E-state index in [1.165, 1.54) is 6.42 Å². The van der Waals surface area contributed by atoms with Gasteiger partial charge in [-0.3, -0.25) is 0 Å². The molecule has 15 heavy (non-hydrogen) atoms. The Bertz CT molecular complexity index is 218. The van der Waals surface area contributed by atoms with Crippen LogP contribution in [0, 0.1) is 0 Å². The SMILES string of the molecule is COC1(C)CCCN(CCCC(C)=O)C1. The van der Waals surface area contributed by atoms with Crippen molar-refractivity contribution in [1.29, 1.82) is 0 Å². The lowest BCUT2D eigenvalue weighted by molar-refractivity contribution is -0.117. The van der Waals surface area contributed by atoms with Crippen molar-refractivity contribution in [3.8, 4) is 0 Å². The van der Waals surface area contributed by atoms with Gasteiger partial charge in [0.15, 0.2) is 0 Å². The number of methoxy groups -OCH3 is 1. The van der Waals surface area contributed by atoms with Crippen LogP contribution >= 0.6 is 0 Å². The molecule has 88 valence electrons. The predicted octanol–water partition coefficient (Wildman–Crippen LogP) is 1.86. The largest absolute Gasteiger partial charge is 0.377 e. The normalized spacial score (nSPS) is 27.9. The van der Waals surface area contributed by atoms with Gasteiger partial charge in [-0.15, -0.1) is 0 Å². The second-order valence-electron chi connectivity index (χ2n) is 4.84. The Morgan fingerprint density at radius 1 is 1.53 bits per heavy atom. The number of ether oxygens (including phenoxy) is 1. The summed E-state index contributed by atoms with van der Waals surface area (Å²) in [6.07, 6.45) is 4.03. The number of carbonyl (C=O) groups excluding carboxylic acids is 1. The fourth-order valence-corrected chi connectivity index (χ4v) is 2.22. The maximum Gasteiger partial charge on any atom is 0.129 e. The Morgan fingerprint density at radius 3 is 2.87 bits per heavy atom. The van der Waals surface area contributed by atoms with Gasteiger partial charge in [-0.05, 0) is 46.2 Å². The molecule has 1 heterocycles. The maximum atomic E-state index is 10.8. The van der Waals surface area contributed by atoms with Gasteiger partial charge in [0.1, 0.15) is 5.78 Å². The Hall–Kier alpha value is -0.410. The van der Waals surface area contributed by atoms with Crippen LogP contribution in [0.25, 0.3) is 0 Å². The number of rotatable bonds is 5. The topological polar surface area (TPSA) is 29.5 Å². The van der Waals surface area contributed by atoms with E-state index in [-0.39, 0.29) is 5.60 Å². The number of carbonyl (C=O) groups is 1. The molecule has 1 saturated heterocycles. The molecular weight excluding hydrogens is 190 g/mol. The molecule has 0 radical (unpaired) electrons. The van der Waals surface area contributed by atoms with Crippen molar-refractivity contribution in [2.45, 2.75) is 45.1 Å². The first-order chi connectivity index (χ1) is 7.06. The molecule has 0 amide bonds. The number of nitrogens with zero attached hydrogens (tertiary/aromatic N) is 1. The van der Waals surface area contributed by atoms with E-state index in [1.54, 1.807) is 14.0 Å². The standard InChI is InChI=1S/C12H23NO2/c1-11(14)6-4-8-13-9-5-7-12(2,10-13)15-3/h4-10H2,1-3H3. The molecule has 1 aliphatic heterocycles. The van der Waals surface area contributed by atoms with Gasteiger partial charge >= 0.3 is 0 Å². The number of hydrogen-bond acceptors (Lipinski definition) is 3. The third kappa shape index (κ3) is 4.31. The third-order valence-corrected chi connectivity index (χ3v) is 3.23. The zero-order chi connectivity index (χ0) is 11.3. The van der Waals surface area contributed by atoms with Crippen molar-refractivity contribution in [2.75, 3.05) is 26.7 Å². The highest BCUT2D eigenvalue weighted by molar-refractivity contribution is 5.75. The first-order valence-corrected chi connectivity index (χ1v) is 5.83. The highest BCUT2D eigenvalue weighted by Crippen LogP contribution is 2.23. The molecule has 0 bridgehead atoms. The Kier molecular flexibility index (Phi) is 4.74. The van der Waals surface area contributed by atoms with Gasteiger partial charge in [0, 0.05) is 20.1 Å². The summed E-state index contributed by atoms with van der Waals surface area (Å²) in [7, 11) is 1.79. The molecule has 0 aromatic carbocycles. The highest BCUT2D eigenvalue weighted by atomic mass is 16.5. The van der Waals surface area contributed by atoms with Crippen molar-refractivity contribution in [3.05, 3.63) is 0 Å². The first-order valence-electron chi connectivity index (χ1n) is 5.83. The second kappa shape index (κ2) is 5.61. The van der Waals surface area contributed by atoms with Gasteiger partial charge in [0.05, 0.1) is 5.60 Å². The average molecular weight is 213 g/mol. The van der Waals surface area contributed by atoms with E-state index in [2.05, 4.69) is 11.8 Å². The summed E-state index contributed by atoms with van der Waals surface area (Å²) in [4.78, 5) is 13.2. The van der Waals surface area contributed by atoms with E-state index in [4.69, 9.17) is 4.74 Å². The zero-order valence-electron chi connectivity index (χ0n) is 10.2. The van der Waals surface area contributed by atoms with Crippen LogP contribution in [-0.2, 0) is 9.53 Å². The molecule has 1 fully saturated rings. The van der Waals surface area contributed by atoms with Crippen molar-refractivity contribution in [1.82, 2.24) is 4.90 Å². The smallest absolute Gasteiger partial charge is 0.129 e. The van der Waals surface area contributed by atoms with Gasteiger partial charge in [-0.1, -0.05) is 0 Å². The molecule has 0 saturated carbocycles. The lowest BCUT2D eigenvalue weighted by atomic mass is 9.94. The number of Topliss-reactive ketones (excluding diaryl/α,β-unsaturated/α-hetero) is 1. The molecule has 3 nitrogen and oxygen atoms in total. The highest BCUT2D eigenvalue weighted by Gasteiger charge is 2.30. The van der Waals surface area contributed by atoms with E-state index in [0.29, 0.717) is 12.2 Å². The molecule has 1 unspecified atom stereocenters. The molecule has 1 rings (SSSR count). The van der Waals surface area contributed by atoms with Crippen LogP contribution < -0.4 is 0 Å². The number of likely N-dealkylation sites (tertiary alicyclic amines) is 1. The van der Waals surface area contributed by atoms with Gasteiger partial charge in [0.2, 0.25) is 0 Å². The lowest BCUT2D eigenvalue weighted by Gasteiger charge is -2.39. The molecule has 0 N–H and O–H groups in total. The quantitative estimate of drug-likeness (QED) is 0.698. The molecule has 1 atom stereocenters.